The van der Waals surface area contributed by atoms with Gasteiger partial charge in [0.15, 0.2) is 0 Å². The average Bonchev–Trinajstić information content (AvgIpc) is 2.24. The van der Waals surface area contributed by atoms with Crippen LogP contribution < -0.4 is 5.32 Å². The fraction of sp³-hybridized carbons (Fsp3) is 0.417. The summed E-state index contributed by atoms with van der Waals surface area (Å²) in [7, 11) is 0. The highest BCUT2D eigenvalue weighted by molar-refractivity contribution is 7.80. The van der Waals surface area contributed by atoms with Gasteiger partial charge in [0.2, 0.25) is 0 Å². The maximum absolute atomic E-state index is 11.6. The molecule has 15 heavy (non-hydrogen) atoms. The smallest absolute Gasteiger partial charge is 0.251 e. The fourth-order valence-corrected chi connectivity index (χ4v) is 1.55. The predicted molar refractivity (Wildman–Crippen MR) is 65.6 cm³/mol. The fourth-order valence-electron chi connectivity index (χ4n) is 1.33. The van der Waals surface area contributed by atoms with Crippen molar-refractivity contribution in [2.24, 2.45) is 0 Å². The number of rotatable bonds is 5. The van der Waals surface area contributed by atoms with Gasteiger partial charge in [-0.25, -0.2) is 0 Å². The van der Waals surface area contributed by atoms with Crippen molar-refractivity contribution in [3.8, 4) is 0 Å². The zero-order chi connectivity index (χ0) is 11.1. The van der Waals surface area contributed by atoms with Crippen LogP contribution >= 0.6 is 12.6 Å². The number of carbonyl (C=O) groups is 1. The van der Waals surface area contributed by atoms with Crippen molar-refractivity contribution in [2.45, 2.75) is 31.1 Å². The molecule has 1 aromatic carbocycles. The highest BCUT2D eigenvalue weighted by Crippen LogP contribution is 2.08. The molecule has 0 bridgehead atoms. The summed E-state index contributed by atoms with van der Waals surface area (Å²) in [5, 5.41) is 2.89. The lowest BCUT2D eigenvalue weighted by Gasteiger charge is -2.04. The highest BCUT2D eigenvalue weighted by atomic mass is 32.1. The lowest BCUT2D eigenvalue weighted by atomic mass is 10.2. The Morgan fingerprint density at radius 2 is 2.20 bits per heavy atom. The molecule has 3 heteroatoms. The van der Waals surface area contributed by atoms with E-state index >= 15 is 0 Å². The molecule has 0 saturated carbocycles. The molecule has 0 aliphatic rings. The van der Waals surface area contributed by atoms with Crippen LogP contribution in [0.4, 0.5) is 0 Å². The Balaban J connectivity index is 2.40. The first-order valence-electron chi connectivity index (χ1n) is 5.31. The third-order valence-corrected chi connectivity index (χ3v) is 2.45. The van der Waals surface area contributed by atoms with E-state index < -0.39 is 0 Å². The van der Waals surface area contributed by atoms with Crippen molar-refractivity contribution < 1.29 is 4.79 Å². The number of carbonyl (C=O) groups excluding carboxylic acids is 1. The topological polar surface area (TPSA) is 29.1 Å². The first-order chi connectivity index (χ1) is 7.24. The van der Waals surface area contributed by atoms with E-state index in [1.54, 1.807) is 12.1 Å². The Morgan fingerprint density at radius 3 is 2.87 bits per heavy atom. The summed E-state index contributed by atoms with van der Waals surface area (Å²) in [6.07, 6.45) is 3.37. The Hall–Kier alpha value is -0.960. The van der Waals surface area contributed by atoms with Crippen LogP contribution in [0.5, 0.6) is 0 Å². The third kappa shape index (κ3) is 4.38. The van der Waals surface area contributed by atoms with Crippen molar-refractivity contribution in [3.05, 3.63) is 29.8 Å². The second-order valence-corrected chi connectivity index (χ2v) is 4.03. The quantitative estimate of drug-likeness (QED) is 0.583. The Kier molecular flexibility index (Phi) is 5.26. The second-order valence-electron chi connectivity index (χ2n) is 3.51. The molecule has 0 saturated heterocycles. The largest absolute Gasteiger partial charge is 0.352 e. The predicted octanol–water partition coefficient (Wildman–Crippen LogP) is 2.90. The van der Waals surface area contributed by atoms with Crippen molar-refractivity contribution in [1.82, 2.24) is 5.32 Å². The van der Waals surface area contributed by atoms with Gasteiger partial charge in [-0.1, -0.05) is 25.8 Å². The number of unbranched alkanes of at least 4 members (excludes halogenated alkanes) is 2. The molecular formula is C12H17NOS. The van der Waals surface area contributed by atoms with Gasteiger partial charge in [0.25, 0.3) is 5.91 Å². The number of amides is 1. The molecule has 0 aliphatic heterocycles. The van der Waals surface area contributed by atoms with Crippen molar-refractivity contribution in [3.63, 3.8) is 0 Å². The van der Waals surface area contributed by atoms with E-state index in [1.807, 2.05) is 12.1 Å². The number of nitrogens with one attached hydrogen (secondary N) is 1. The maximum Gasteiger partial charge on any atom is 0.251 e. The summed E-state index contributed by atoms with van der Waals surface area (Å²) in [5.41, 5.74) is 0.680. The summed E-state index contributed by atoms with van der Waals surface area (Å²) in [4.78, 5) is 12.4. The molecule has 1 aromatic rings. The van der Waals surface area contributed by atoms with Gasteiger partial charge in [0.05, 0.1) is 0 Å². The summed E-state index contributed by atoms with van der Waals surface area (Å²) in [6.45, 7) is 2.90. The van der Waals surface area contributed by atoms with Gasteiger partial charge >= 0.3 is 0 Å². The molecule has 1 N–H and O–H groups in total. The van der Waals surface area contributed by atoms with Crippen molar-refractivity contribution in [1.29, 1.82) is 0 Å². The molecule has 0 spiro atoms. The molecule has 1 rings (SSSR count). The Morgan fingerprint density at radius 1 is 1.40 bits per heavy atom. The molecule has 0 fully saturated rings. The van der Waals surface area contributed by atoms with Crippen LogP contribution in [0.1, 0.15) is 36.5 Å². The summed E-state index contributed by atoms with van der Waals surface area (Å²) < 4.78 is 0. The summed E-state index contributed by atoms with van der Waals surface area (Å²) in [5.74, 6) is -0.0120. The van der Waals surface area contributed by atoms with E-state index in [1.165, 1.54) is 6.42 Å². The van der Waals surface area contributed by atoms with Gasteiger partial charge < -0.3 is 5.32 Å². The van der Waals surface area contributed by atoms with Crippen LogP contribution in [0.25, 0.3) is 0 Å². The average molecular weight is 223 g/mol. The van der Waals surface area contributed by atoms with Crippen LogP contribution in [-0.4, -0.2) is 12.5 Å². The standard InChI is InChI=1S/C12H17NOS/c1-2-3-4-8-13-12(14)10-6-5-7-11(15)9-10/h5-7,9,15H,2-4,8H2,1H3,(H,13,14). The molecular weight excluding hydrogens is 206 g/mol. The first-order valence-corrected chi connectivity index (χ1v) is 5.76. The number of benzene rings is 1. The Bertz CT molecular complexity index is 325. The lowest BCUT2D eigenvalue weighted by molar-refractivity contribution is 0.0953. The SMILES string of the molecule is CCCCCNC(=O)c1cccc(S)c1. The van der Waals surface area contributed by atoms with Gasteiger partial charge in [-0.3, -0.25) is 4.79 Å². The van der Waals surface area contributed by atoms with Gasteiger partial charge in [-0.15, -0.1) is 12.6 Å². The van der Waals surface area contributed by atoms with Crippen LogP contribution in [0.15, 0.2) is 29.2 Å². The van der Waals surface area contributed by atoms with Crippen LogP contribution in [0, 0.1) is 0 Å². The van der Waals surface area contributed by atoms with E-state index in [0.717, 1.165) is 24.3 Å². The molecule has 1 amide bonds. The second kappa shape index (κ2) is 6.51. The van der Waals surface area contributed by atoms with Crippen LogP contribution in [-0.2, 0) is 0 Å². The molecule has 0 atom stereocenters. The lowest BCUT2D eigenvalue weighted by Crippen LogP contribution is -2.24. The van der Waals surface area contributed by atoms with E-state index in [-0.39, 0.29) is 5.91 Å². The molecule has 0 aliphatic carbocycles. The van der Waals surface area contributed by atoms with E-state index in [9.17, 15) is 4.79 Å². The normalized spacial score (nSPS) is 10.0. The summed E-state index contributed by atoms with van der Waals surface area (Å²) in [6, 6.07) is 7.27. The van der Waals surface area contributed by atoms with Gasteiger partial charge in [-0.05, 0) is 24.6 Å². The third-order valence-electron chi connectivity index (χ3n) is 2.17. The van der Waals surface area contributed by atoms with Crippen molar-refractivity contribution in [2.75, 3.05) is 6.54 Å². The zero-order valence-corrected chi connectivity index (χ0v) is 9.89. The maximum atomic E-state index is 11.6. The number of thiol groups is 1. The molecule has 2 nitrogen and oxygen atoms in total. The van der Waals surface area contributed by atoms with Crippen LogP contribution in [0.2, 0.25) is 0 Å². The minimum absolute atomic E-state index is 0.0120. The molecule has 0 unspecified atom stereocenters. The van der Waals surface area contributed by atoms with Gasteiger partial charge in [-0.2, -0.15) is 0 Å². The van der Waals surface area contributed by atoms with E-state index in [4.69, 9.17) is 0 Å². The Labute approximate surface area is 96.5 Å². The number of hydrogen-bond acceptors (Lipinski definition) is 2. The molecule has 0 heterocycles. The van der Waals surface area contributed by atoms with Crippen LogP contribution in [0.3, 0.4) is 0 Å². The molecule has 0 aromatic heterocycles. The summed E-state index contributed by atoms with van der Waals surface area (Å²) >= 11 is 4.19. The van der Waals surface area contributed by atoms with Crippen molar-refractivity contribution >= 4 is 18.5 Å². The first kappa shape index (κ1) is 12.1. The highest BCUT2D eigenvalue weighted by Gasteiger charge is 2.03. The number of hydrogen-bond donors (Lipinski definition) is 2. The monoisotopic (exact) mass is 223 g/mol. The van der Waals surface area contributed by atoms with E-state index in [2.05, 4.69) is 24.9 Å². The molecule has 0 radical (unpaired) electrons. The van der Waals surface area contributed by atoms with E-state index in [0.29, 0.717) is 5.56 Å². The minimum Gasteiger partial charge on any atom is -0.352 e. The van der Waals surface area contributed by atoms with Gasteiger partial charge in [0, 0.05) is 17.0 Å². The zero-order valence-electron chi connectivity index (χ0n) is 8.99. The molecule has 82 valence electrons. The van der Waals surface area contributed by atoms with Gasteiger partial charge in [0.1, 0.15) is 0 Å². The minimum atomic E-state index is -0.0120.